The van der Waals surface area contributed by atoms with Crippen LogP contribution in [-0.2, 0) is 27.3 Å². The third-order valence-electron chi connectivity index (χ3n) is 4.04. The number of halogens is 3. The predicted octanol–water partition coefficient (Wildman–Crippen LogP) is 3.25. The summed E-state index contributed by atoms with van der Waals surface area (Å²) < 4.78 is 51.9. The molecule has 1 heterocycles. The first-order valence-electron chi connectivity index (χ1n) is 8.12. The number of nitrogens with two attached hydrogens (primary N) is 1. The summed E-state index contributed by atoms with van der Waals surface area (Å²) in [6.07, 6.45) is 1.14. The zero-order chi connectivity index (χ0) is 21.4. The minimum Gasteiger partial charge on any atom is -0.326 e. The highest BCUT2D eigenvalue weighted by Crippen LogP contribution is 2.30. The SMILES string of the molecule is C=CC(F)(F)n1cc2c(S(N)(=O)=O)cc(NC(=O)Cc3ccccc3Cl)cc2n1. The van der Waals surface area contributed by atoms with Gasteiger partial charge in [-0.3, -0.25) is 4.79 Å². The highest BCUT2D eigenvalue weighted by atomic mass is 35.5. The number of benzene rings is 2. The summed E-state index contributed by atoms with van der Waals surface area (Å²) in [5.74, 6) is -0.492. The van der Waals surface area contributed by atoms with Crippen molar-refractivity contribution >= 4 is 44.1 Å². The molecule has 0 atom stereocenters. The number of fused-ring (bicyclic) bond motifs is 1. The molecule has 3 N–H and O–H groups in total. The summed E-state index contributed by atoms with van der Waals surface area (Å²) in [5.41, 5.74) is 0.506. The van der Waals surface area contributed by atoms with Gasteiger partial charge >= 0.3 is 6.05 Å². The molecule has 1 amide bonds. The molecule has 152 valence electrons. The van der Waals surface area contributed by atoms with Crippen LogP contribution in [0.2, 0.25) is 5.02 Å². The average Bonchev–Trinajstić information content (AvgIpc) is 3.07. The Balaban J connectivity index is 2.01. The number of allylic oxidation sites excluding steroid dienone is 1. The quantitative estimate of drug-likeness (QED) is 0.573. The summed E-state index contributed by atoms with van der Waals surface area (Å²) in [7, 11) is -4.29. The van der Waals surface area contributed by atoms with E-state index in [0.717, 1.165) is 12.3 Å². The van der Waals surface area contributed by atoms with Gasteiger partial charge in [0, 0.05) is 28.4 Å². The average molecular weight is 441 g/mol. The molecule has 29 heavy (non-hydrogen) atoms. The molecule has 2 aromatic carbocycles. The smallest absolute Gasteiger partial charge is 0.326 e. The Kier molecular flexibility index (Phi) is 5.44. The third-order valence-corrected chi connectivity index (χ3v) is 5.36. The summed E-state index contributed by atoms with van der Waals surface area (Å²) in [4.78, 5) is 11.9. The van der Waals surface area contributed by atoms with E-state index >= 15 is 0 Å². The van der Waals surface area contributed by atoms with Gasteiger partial charge < -0.3 is 5.32 Å². The molecular weight excluding hydrogens is 426 g/mol. The van der Waals surface area contributed by atoms with Gasteiger partial charge in [0.15, 0.2) is 0 Å². The van der Waals surface area contributed by atoms with E-state index in [1.54, 1.807) is 24.3 Å². The number of nitrogens with one attached hydrogen (secondary N) is 1. The van der Waals surface area contributed by atoms with Crippen molar-refractivity contribution in [3.63, 3.8) is 0 Å². The van der Waals surface area contributed by atoms with Gasteiger partial charge in [-0.05, 0) is 23.8 Å². The lowest BCUT2D eigenvalue weighted by molar-refractivity contribution is -0.115. The van der Waals surface area contributed by atoms with E-state index in [1.165, 1.54) is 6.07 Å². The number of hydrogen-bond donors (Lipinski definition) is 2. The van der Waals surface area contributed by atoms with Gasteiger partial charge in [-0.1, -0.05) is 36.4 Å². The second-order valence-corrected chi connectivity index (χ2v) is 8.07. The van der Waals surface area contributed by atoms with Gasteiger partial charge in [0.25, 0.3) is 0 Å². The number of rotatable bonds is 6. The van der Waals surface area contributed by atoms with Crippen LogP contribution < -0.4 is 10.5 Å². The Morgan fingerprint density at radius 3 is 2.66 bits per heavy atom. The fraction of sp³-hybridized carbons (Fsp3) is 0.111. The minimum absolute atomic E-state index is 0.0331. The first-order valence-corrected chi connectivity index (χ1v) is 10.0. The maximum absolute atomic E-state index is 13.9. The Hall–Kier alpha value is -2.82. The largest absolute Gasteiger partial charge is 0.363 e. The number of nitrogens with zero attached hydrogens (tertiary/aromatic N) is 2. The zero-order valence-corrected chi connectivity index (χ0v) is 16.3. The maximum atomic E-state index is 13.9. The van der Waals surface area contributed by atoms with Crippen LogP contribution >= 0.6 is 11.6 Å². The summed E-state index contributed by atoms with van der Waals surface area (Å²) in [6.45, 7) is 3.03. The fourth-order valence-corrected chi connectivity index (χ4v) is 3.62. The predicted molar refractivity (Wildman–Crippen MR) is 105 cm³/mol. The van der Waals surface area contributed by atoms with E-state index in [9.17, 15) is 22.0 Å². The molecule has 0 aliphatic rings. The van der Waals surface area contributed by atoms with Crippen molar-refractivity contribution < 1.29 is 22.0 Å². The Morgan fingerprint density at radius 2 is 2.03 bits per heavy atom. The van der Waals surface area contributed by atoms with Crippen LogP contribution in [0.15, 0.2) is 60.1 Å². The fourth-order valence-electron chi connectivity index (χ4n) is 2.67. The van der Waals surface area contributed by atoms with Gasteiger partial charge in [-0.25, -0.2) is 18.2 Å². The molecule has 0 spiro atoms. The number of carbonyl (C=O) groups is 1. The minimum atomic E-state index is -4.29. The normalized spacial score (nSPS) is 12.1. The van der Waals surface area contributed by atoms with Gasteiger partial charge in [-0.15, -0.1) is 0 Å². The maximum Gasteiger partial charge on any atom is 0.363 e. The number of hydrogen-bond acceptors (Lipinski definition) is 4. The first kappa shape index (κ1) is 20.9. The van der Waals surface area contributed by atoms with Crippen LogP contribution in [0.3, 0.4) is 0 Å². The number of carbonyl (C=O) groups excluding carboxylic acids is 1. The van der Waals surface area contributed by atoms with Gasteiger partial charge in [-0.2, -0.15) is 13.9 Å². The molecule has 0 aliphatic heterocycles. The van der Waals surface area contributed by atoms with Gasteiger partial charge in [0.1, 0.15) is 0 Å². The van der Waals surface area contributed by atoms with E-state index in [-0.39, 0.29) is 27.7 Å². The molecule has 0 saturated carbocycles. The standard InChI is InChI=1S/C18H15ClF2N4O3S/c1-2-18(20,21)25-10-13-15(24-25)8-12(9-16(13)29(22,27)28)23-17(26)7-11-5-3-4-6-14(11)19/h2-6,8-10H,1,7H2,(H,23,26)(H2,22,27,28). The van der Waals surface area contributed by atoms with Crippen LogP contribution in [0.4, 0.5) is 14.5 Å². The molecule has 0 aliphatic carbocycles. The third kappa shape index (κ3) is 4.44. The van der Waals surface area contributed by atoms with Crippen molar-refractivity contribution in [2.75, 3.05) is 5.32 Å². The molecule has 0 saturated heterocycles. The van der Waals surface area contributed by atoms with Crippen molar-refractivity contribution in [2.45, 2.75) is 17.4 Å². The molecule has 11 heteroatoms. The molecule has 0 radical (unpaired) electrons. The second-order valence-electron chi connectivity index (χ2n) is 6.13. The van der Waals surface area contributed by atoms with E-state index in [4.69, 9.17) is 16.7 Å². The summed E-state index contributed by atoms with van der Waals surface area (Å²) >= 11 is 6.03. The van der Waals surface area contributed by atoms with Crippen molar-refractivity contribution in [1.82, 2.24) is 9.78 Å². The van der Waals surface area contributed by atoms with E-state index in [0.29, 0.717) is 16.7 Å². The molecule has 1 aromatic heterocycles. The van der Waals surface area contributed by atoms with Crippen molar-refractivity contribution in [2.24, 2.45) is 5.14 Å². The molecule has 3 aromatic rings. The topological polar surface area (TPSA) is 107 Å². The highest BCUT2D eigenvalue weighted by molar-refractivity contribution is 7.89. The van der Waals surface area contributed by atoms with Crippen LogP contribution in [0.1, 0.15) is 5.56 Å². The first-order chi connectivity index (χ1) is 13.5. The summed E-state index contributed by atoms with van der Waals surface area (Å²) in [6, 6.07) is 5.53. The second kappa shape index (κ2) is 7.54. The van der Waals surface area contributed by atoms with Crippen LogP contribution in [0, 0.1) is 0 Å². The van der Waals surface area contributed by atoms with Crippen LogP contribution in [0.5, 0.6) is 0 Å². The van der Waals surface area contributed by atoms with Crippen molar-refractivity contribution in [3.8, 4) is 0 Å². The number of sulfonamides is 1. The number of aromatic nitrogens is 2. The monoisotopic (exact) mass is 440 g/mol. The van der Waals surface area contributed by atoms with Gasteiger partial charge in [0.05, 0.1) is 16.8 Å². The number of anilines is 1. The Bertz CT molecular complexity index is 1230. The molecule has 0 fully saturated rings. The van der Waals surface area contributed by atoms with E-state index in [1.807, 2.05) is 0 Å². The van der Waals surface area contributed by atoms with Crippen molar-refractivity contribution in [3.05, 3.63) is 65.8 Å². The number of primary sulfonamides is 1. The lowest BCUT2D eigenvalue weighted by Gasteiger charge is -2.10. The van der Waals surface area contributed by atoms with Crippen LogP contribution in [-0.4, -0.2) is 24.1 Å². The lowest BCUT2D eigenvalue weighted by Crippen LogP contribution is -2.20. The zero-order valence-electron chi connectivity index (χ0n) is 14.8. The molecular formula is C18H15ClF2N4O3S. The van der Waals surface area contributed by atoms with E-state index < -0.39 is 26.9 Å². The number of alkyl halides is 2. The van der Waals surface area contributed by atoms with E-state index in [2.05, 4.69) is 17.0 Å². The number of amides is 1. The Labute approximate surface area is 169 Å². The highest BCUT2D eigenvalue weighted by Gasteiger charge is 2.29. The van der Waals surface area contributed by atoms with Crippen LogP contribution in [0.25, 0.3) is 10.9 Å². The van der Waals surface area contributed by atoms with Gasteiger partial charge in [0.2, 0.25) is 15.9 Å². The lowest BCUT2D eigenvalue weighted by atomic mass is 10.1. The summed E-state index contributed by atoms with van der Waals surface area (Å²) in [5, 5.41) is 11.7. The Morgan fingerprint density at radius 1 is 1.34 bits per heavy atom. The molecule has 3 rings (SSSR count). The molecule has 0 unspecified atom stereocenters. The van der Waals surface area contributed by atoms with Crippen molar-refractivity contribution in [1.29, 1.82) is 0 Å². The molecule has 7 nitrogen and oxygen atoms in total. The molecule has 0 bridgehead atoms.